The number of rotatable bonds is 4. The Kier molecular flexibility index (Phi) is 3.76. The van der Waals surface area contributed by atoms with Gasteiger partial charge in [0.25, 0.3) is 0 Å². The Bertz CT molecular complexity index is 380. The third-order valence-electron chi connectivity index (χ3n) is 3.02. The van der Waals surface area contributed by atoms with Crippen molar-refractivity contribution in [2.24, 2.45) is 0 Å². The molecule has 4 heteroatoms. The van der Waals surface area contributed by atoms with Gasteiger partial charge in [0.1, 0.15) is 12.1 Å². The maximum atomic E-state index is 11.5. The number of esters is 1. The maximum Gasteiger partial charge on any atom is 0.323 e. The Hall–Kier alpha value is -1.39. The summed E-state index contributed by atoms with van der Waals surface area (Å²) in [6.07, 6.45) is 0.176. The second-order valence-corrected chi connectivity index (χ2v) is 4.33. The van der Waals surface area contributed by atoms with Gasteiger partial charge in [-0.1, -0.05) is 30.3 Å². The highest BCUT2D eigenvalue weighted by Gasteiger charge is 2.34. The van der Waals surface area contributed by atoms with E-state index in [-0.39, 0.29) is 30.8 Å². The second kappa shape index (κ2) is 5.29. The lowest BCUT2D eigenvalue weighted by Crippen LogP contribution is -2.35. The predicted octanol–water partition coefficient (Wildman–Crippen LogP) is 1.01. The van der Waals surface area contributed by atoms with Gasteiger partial charge in [0.2, 0.25) is 0 Å². The molecule has 0 bridgehead atoms. The van der Waals surface area contributed by atoms with Crippen molar-refractivity contribution >= 4 is 5.97 Å². The van der Waals surface area contributed by atoms with Gasteiger partial charge in [-0.2, -0.15) is 0 Å². The molecule has 0 saturated carbocycles. The summed E-state index contributed by atoms with van der Waals surface area (Å²) >= 11 is 0. The minimum Gasteiger partial charge on any atom is -0.459 e. The van der Waals surface area contributed by atoms with Crippen molar-refractivity contribution in [3.05, 3.63) is 35.9 Å². The van der Waals surface area contributed by atoms with Gasteiger partial charge in [0.05, 0.1) is 6.61 Å². The summed E-state index contributed by atoms with van der Waals surface area (Å²) in [7, 11) is 0. The summed E-state index contributed by atoms with van der Waals surface area (Å²) < 4.78 is 5.01. The molecule has 1 aromatic rings. The lowest BCUT2D eigenvalue weighted by atomic mass is 10.1. The molecule has 0 aromatic heterocycles. The zero-order valence-electron chi connectivity index (χ0n) is 9.80. The molecule has 1 aromatic carbocycles. The van der Waals surface area contributed by atoms with Gasteiger partial charge in [0, 0.05) is 12.5 Å². The molecule has 92 valence electrons. The van der Waals surface area contributed by atoms with Crippen LogP contribution >= 0.6 is 0 Å². The van der Waals surface area contributed by atoms with Crippen LogP contribution in [0.2, 0.25) is 0 Å². The van der Waals surface area contributed by atoms with Crippen LogP contribution in [0.4, 0.5) is 0 Å². The number of hydrogen-bond acceptors (Lipinski definition) is 4. The van der Waals surface area contributed by atoms with Crippen molar-refractivity contribution in [2.45, 2.75) is 31.5 Å². The molecule has 0 radical (unpaired) electrons. The highest BCUT2D eigenvalue weighted by Crippen LogP contribution is 2.19. The van der Waals surface area contributed by atoms with Gasteiger partial charge in [-0.15, -0.1) is 0 Å². The molecule has 2 N–H and O–H groups in total. The molecule has 1 aliphatic heterocycles. The molecular weight excluding hydrogens is 218 g/mol. The molecule has 0 unspecified atom stereocenters. The molecule has 1 heterocycles. The van der Waals surface area contributed by atoms with Crippen molar-refractivity contribution < 1.29 is 14.6 Å². The van der Waals surface area contributed by atoms with Gasteiger partial charge in [-0.25, -0.2) is 0 Å². The van der Waals surface area contributed by atoms with Crippen LogP contribution in [0.25, 0.3) is 0 Å². The molecular formula is C13H17NO3. The predicted molar refractivity (Wildman–Crippen MR) is 63.4 cm³/mol. The van der Waals surface area contributed by atoms with Gasteiger partial charge in [0.15, 0.2) is 0 Å². The molecule has 0 aliphatic carbocycles. The van der Waals surface area contributed by atoms with Gasteiger partial charge in [-0.3, -0.25) is 10.1 Å². The summed E-state index contributed by atoms with van der Waals surface area (Å²) in [5, 5.41) is 12.2. The molecule has 2 rings (SSSR count). The largest absolute Gasteiger partial charge is 0.459 e. The minimum atomic E-state index is -0.358. The lowest BCUT2D eigenvalue weighted by molar-refractivity contribution is -0.144. The molecule has 1 fully saturated rings. The van der Waals surface area contributed by atoms with Crippen molar-refractivity contribution in [3.8, 4) is 0 Å². The molecule has 3 atom stereocenters. The number of hydrogen-bond donors (Lipinski definition) is 2. The number of carbonyl (C=O) groups excluding carboxylic acids is 1. The normalized spacial score (nSPS) is 25.6. The van der Waals surface area contributed by atoms with E-state index in [9.17, 15) is 4.79 Å². The van der Waals surface area contributed by atoms with E-state index in [0.29, 0.717) is 6.42 Å². The number of carbonyl (C=O) groups is 1. The smallest absolute Gasteiger partial charge is 0.323 e. The van der Waals surface area contributed by atoms with Gasteiger partial charge >= 0.3 is 5.97 Å². The molecule has 1 aliphatic rings. The summed E-state index contributed by atoms with van der Waals surface area (Å²) in [4.78, 5) is 11.5. The fourth-order valence-electron chi connectivity index (χ4n) is 2.04. The Labute approximate surface area is 101 Å². The minimum absolute atomic E-state index is 0.0891. The van der Waals surface area contributed by atoms with E-state index >= 15 is 0 Å². The van der Waals surface area contributed by atoms with Crippen LogP contribution < -0.4 is 5.32 Å². The SMILES string of the molecule is C[C@H](N[C@@H]1C[C@H](CO)OC1=O)c1ccccc1. The maximum absolute atomic E-state index is 11.5. The third-order valence-corrected chi connectivity index (χ3v) is 3.02. The van der Waals surface area contributed by atoms with Crippen LogP contribution in [-0.4, -0.2) is 29.8 Å². The first-order chi connectivity index (χ1) is 8.20. The second-order valence-electron chi connectivity index (χ2n) is 4.33. The quantitative estimate of drug-likeness (QED) is 0.765. The Morgan fingerprint density at radius 2 is 2.18 bits per heavy atom. The average molecular weight is 235 g/mol. The third kappa shape index (κ3) is 2.84. The van der Waals surface area contributed by atoms with Crippen LogP contribution in [0, 0.1) is 0 Å². The Balaban J connectivity index is 1.95. The van der Waals surface area contributed by atoms with Crippen LogP contribution in [0.1, 0.15) is 24.9 Å². The summed E-state index contributed by atoms with van der Waals surface area (Å²) in [5.41, 5.74) is 1.13. The van der Waals surface area contributed by atoms with Crippen molar-refractivity contribution in [3.63, 3.8) is 0 Å². The van der Waals surface area contributed by atoms with Gasteiger partial charge < -0.3 is 9.84 Å². The van der Waals surface area contributed by atoms with Crippen LogP contribution in [0.5, 0.6) is 0 Å². The molecule has 1 saturated heterocycles. The van der Waals surface area contributed by atoms with E-state index < -0.39 is 0 Å². The van der Waals surface area contributed by atoms with Crippen molar-refractivity contribution in [1.82, 2.24) is 5.32 Å². The van der Waals surface area contributed by atoms with E-state index in [1.165, 1.54) is 0 Å². The summed E-state index contributed by atoms with van der Waals surface area (Å²) in [6.45, 7) is 1.90. The molecule has 4 nitrogen and oxygen atoms in total. The first kappa shape index (κ1) is 12.1. The van der Waals surface area contributed by atoms with Crippen molar-refractivity contribution in [1.29, 1.82) is 0 Å². The Morgan fingerprint density at radius 3 is 2.76 bits per heavy atom. The first-order valence-electron chi connectivity index (χ1n) is 5.83. The fourth-order valence-corrected chi connectivity index (χ4v) is 2.04. The Morgan fingerprint density at radius 1 is 1.47 bits per heavy atom. The topological polar surface area (TPSA) is 58.6 Å². The molecule has 17 heavy (non-hydrogen) atoms. The highest BCUT2D eigenvalue weighted by molar-refractivity contribution is 5.78. The number of aliphatic hydroxyl groups excluding tert-OH is 1. The van der Waals surface area contributed by atoms with E-state index in [2.05, 4.69) is 5.32 Å². The van der Waals surface area contributed by atoms with E-state index in [1.807, 2.05) is 37.3 Å². The van der Waals surface area contributed by atoms with E-state index in [1.54, 1.807) is 0 Å². The number of ether oxygens (including phenoxy) is 1. The van der Waals surface area contributed by atoms with Crippen LogP contribution in [0.3, 0.4) is 0 Å². The van der Waals surface area contributed by atoms with E-state index in [4.69, 9.17) is 9.84 Å². The van der Waals surface area contributed by atoms with E-state index in [0.717, 1.165) is 5.56 Å². The lowest BCUT2D eigenvalue weighted by Gasteiger charge is -2.17. The van der Waals surface area contributed by atoms with Gasteiger partial charge in [-0.05, 0) is 12.5 Å². The number of benzene rings is 1. The summed E-state index contributed by atoms with van der Waals surface area (Å²) in [6, 6.07) is 9.70. The zero-order valence-corrected chi connectivity index (χ0v) is 9.80. The number of cyclic esters (lactones) is 1. The highest BCUT2D eigenvalue weighted by atomic mass is 16.6. The van der Waals surface area contributed by atoms with Crippen LogP contribution in [0.15, 0.2) is 30.3 Å². The summed E-state index contributed by atoms with van der Waals surface area (Å²) in [5.74, 6) is -0.271. The first-order valence-corrected chi connectivity index (χ1v) is 5.83. The zero-order chi connectivity index (χ0) is 12.3. The van der Waals surface area contributed by atoms with Crippen LogP contribution in [-0.2, 0) is 9.53 Å². The standard InChI is InChI=1S/C13H17NO3/c1-9(10-5-3-2-4-6-10)14-12-7-11(8-15)17-13(12)16/h2-6,9,11-12,14-15H,7-8H2,1H3/t9-,11+,12+/m0/s1. The fraction of sp³-hybridized carbons (Fsp3) is 0.462. The average Bonchev–Trinajstić information content (AvgIpc) is 2.71. The monoisotopic (exact) mass is 235 g/mol. The molecule has 0 spiro atoms. The van der Waals surface area contributed by atoms with Crippen molar-refractivity contribution in [2.75, 3.05) is 6.61 Å². The number of aliphatic hydroxyl groups is 1. The molecule has 0 amide bonds. The number of nitrogens with one attached hydrogen (secondary N) is 1.